The van der Waals surface area contributed by atoms with Crippen LogP contribution in [0, 0.1) is 0 Å². The predicted octanol–water partition coefficient (Wildman–Crippen LogP) is 1.40. The van der Waals surface area contributed by atoms with Gasteiger partial charge in [-0.15, -0.1) is 4.40 Å². The Bertz CT molecular complexity index is 530. The van der Waals surface area contributed by atoms with E-state index in [4.69, 9.17) is 4.74 Å². The number of rotatable bonds is 2. The van der Waals surface area contributed by atoms with Gasteiger partial charge in [-0.1, -0.05) is 6.42 Å². The highest BCUT2D eigenvalue weighted by molar-refractivity contribution is 7.88. The number of nitrogens with zero attached hydrogens (tertiary/aromatic N) is 2. The first-order valence-corrected chi connectivity index (χ1v) is 7.77. The van der Waals surface area contributed by atoms with Gasteiger partial charge in [-0.25, -0.2) is 4.79 Å². The zero-order valence-electron chi connectivity index (χ0n) is 11.1. The zero-order chi connectivity index (χ0) is 14.0. The maximum atomic E-state index is 12.0. The van der Waals surface area contributed by atoms with Crippen molar-refractivity contribution in [2.75, 3.05) is 7.05 Å². The first kappa shape index (κ1) is 14.0. The molecule has 2 aliphatic rings. The van der Waals surface area contributed by atoms with E-state index in [1.54, 1.807) is 0 Å². The fraction of sp³-hybridized carbons (Fsp3) is 0.667. The Labute approximate surface area is 113 Å². The molecule has 0 amide bonds. The smallest absolute Gasteiger partial charge is 0.344 e. The van der Waals surface area contributed by atoms with E-state index in [9.17, 15) is 13.2 Å². The third-order valence-electron chi connectivity index (χ3n) is 3.36. The molecular weight excluding hydrogens is 268 g/mol. The zero-order valence-corrected chi connectivity index (χ0v) is 11.9. The van der Waals surface area contributed by atoms with Gasteiger partial charge in [0.25, 0.3) is 0 Å². The number of hydrogen-bond donors (Lipinski definition) is 0. The van der Waals surface area contributed by atoms with E-state index in [1.165, 1.54) is 26.6 Å². The van der Waals surface area contributed by atoms with Crippen LogP contribution in [0.1, 0.15) is 39.0 Å². The van der Waals surface area contributed by atoms with Crippen molar-refractivity contribution in [2.45, 2.75) is 45.1 Å². The molecule has 0 aromatic carbocycles. The lowest BCUT2D eigenvalue weighted by atomic mass is 9.98. The van der Waals surface area contributed by atoms with E-state index in [1.807, 2.05) is 0 Å². The number of esters is 1. The lowest BCUT2D eigenvalue weighted by Crippen LogP contribution is -2.31. The third-order valence-corrected chi connectivity index (χ3v) is 4.70. The molecule has 0 unspecified atom stereocenters. The minimum Gasteiger partial charge on any atom is -0.459 e. The highest BCUT2D eigenvalue weighted by atomic mass is 32.2. The van der Waals surface area contributed by atoms with Crippen molar-refractivity contribution in [3.63, 3.8) is 0 Å². The first-order valence-electron chi connectivity index (χ1n) is 6.38. The van der Waals surface area contributed by atoms with E-state index < -0.39 is 16.2 Å². The molecule has 0 saturated heterocycles. The van der Waals surface area contributed by atoms with Crippen molar-refractivity contribution in [3.8, 4) is 0 Å². The van der Waals surface area contributed by atoms with E-state index in [0.717, 1.165) is 30.0 Å². The number of carbonyl (C=O) groups is 1. The van der Waals surface area contributed by atoms with Gasteiger partial charge in [0, 0.05) is 13.2 Å². The van der Waals surface area contributed by atoms with Crippen molar-refractivity contribution in [2.24, 2.45) is 4.40 Å². The summed E-state index contributed by atoms with van der Waals surface area (Å²) >= 11 is 0. The van der Waals surface area contributed by atoms with E-state index >= 15 is 0 Å². The summed E-state index contributed by atoms with van der Waals surface area (Å²) in [5.41, 5.74) is 0.391. The van der Waals surface area contributed by atoms with Gasteiger partial charge in [-0.2, -0.15) is 8.42 Å². The normalized spacial score (nSPS) is 23.6. The van der Waals surface area contributed by atoms with Crippen LogP contribution in [0.3, 0.4) is 0 Å². The number of carbonyl (C=O) groups excluding carboxylic acids is 1. The maximum absolute atomic E-state index is 12.0. The summed E-state index contributed by atoms with van der Waals surface area (Å²) < 4.78 is 32.9. The van der Waals surface area contributed by atoms with Gasteiger partial charge < -0.3 is 4.74 Å². The molecule has 7 heteroatoms. The van der Waals surface area contributed by atoms with Gasteiger partial charge in [0.2, 0.25) is 0 Å². The summed E-state index contributed by atoms with van der Waals surface area (Å²) in [6.45, 7) is 1.50. The molecule has 0 aromatic heterocycles. The van der Waals surface area contributed by atoms with Gasteiger partial charge in [-0.3, -0.25) is 4.31 Å². The second kappa shape index (κ2) is 5.32. The van der Waals surface area contributed by atoms with E-state index in [2.05, 4.69) is 4.40 Å². The molecule has 2 rings (SSSR count). The number of ether oxygens (including phenoxy) is 1. The van der Waals surface area contributed by atoms with Crippen LogP contribution in [0.5, 0.6) is 0 Å². The Balaban J connectivity index is 2.09. The second-order valence-corrected chi connectivity index (χ2v) is 6.53. The van der Waals surface area contributed by atoms with Crippen molar-refractivity contribution < 1.29 is 17.9 Å². The standard InChI is InChI=1S/C12H18N2O4S/c1-9-11(8-14(2)19(16,17)13-9)12(15)18-10-6-4-3-5-7-10/h8,10H,3-7H2,1-2H3. The topological polar surface area (TPSA) is 76.0 Å². The van der Waals surface area contributed by atoms with Crippen molar-refractivity contribution in [1.82, 2.24) is 4.31 Å². The first-order chi connectivity index (χ1) is 8.90. The minimum absolute atomic E-state index is 0.0567. The SMILES string of the molecule is CC1=NS(=O)(=O)N(C)C=C1C(=O)OC1CCCCC1. The molecule has 1 saturated carbocycles. The van der Waals surface area contributed by atoms with Crippen LogP contribution >= 0.6 is 0 Å². The second-order valence-electron chi connectivity index (χ2n) is 4.88. The molecule has 1 aliphatic heterocycles. The minimum atomic E-state index is -3.67. The lowest BCUT2D eigenvalue weighted by molar-refractivity contribution is -0.145. The average Bonchev–Trinajstić information content (AvgIpc) is 2.34. The molecule has 19 heavy (non-hydrogen) atoms. The molecule has 0 bridgehead atoms. The summed E-state index contributed by atoms with van der Waals surface area (Å²) in [6.07, 6.45) is 6.28. The highest BCUT2D eigenvalue weighted by Crippen LogP contribution is 2.22. The molecule has 1 heterocycles. The summed E-state index contributed by atoms with van der Waals surface area (Å²) in [5.74, 6) is -0.491. The third kappa shape index (κ3) is 3.15. The van der Waals surface area contributed by atoms with E-state index in [0.29, 0.717) is 0 Å². The Morgan fingerprint density at radius 1 is 1.37 bits per heavy atom. The molecule has 0 aromatic rings. The Morgan fingerprint density at radius 2 is 2.00 bits per heavy atom. The summed E-state index contributed by atoms with van der Waals surface area (Å²) in [4.78, 5) is 12.0. The van der Waals surface area contributed by atoms with Crippen LogP contribution in [-0.4, -0.2) is 37.6 Å². The average molecular weight is 286 g/mol. The summed E-state index contributed by atoms with van der Waals surface area (Å²) in [5, 5.41) is 0. The quantitative estimate of drug-likeness (QED) is 0.719. The largest absolute Gasteiger partial charge is 0.459 e. The number of hydrogen-bond acceptors (Lipinski definition) is 4. The molecule has 1 fully saturated rings. The van der Waals surface area contributed by atoms with Gasteiger partial charge in [0.05, 0.1) is 11.3 Å². The Hall–Kier alpha value is -1.37. The van der Waals surface area contributed by atoms with Crippen LogP contribution in [0.25, 0.3) is 0 Å². The van der Waals surface area contributed by atoms with Crippen molar-refractivity contribution >= 4 is 21.9 Å². The fourth-order valence-corrected chi connectivity index (χ4v) is 3.04. The summed E-state index contributed by atoms with van der Waals surface area (Å²) in [7, 11) is -2.33. The lowest BCUT2D eigenvalue weighted by Gasteiger charge is -2.24. The van der Waals surface area contributed by atoms with Gasteiger partial charge >= 0.3 is 16.2 Å². The van der Waals surface area contributed by atoms with Crippen LogP contribution in [0.4, 0.5) is 0 Å². The van der Waals surface area contributed by atoms with Crippen LogP contribution in [-0.2, 0) is 19.7 Å². The fourth-order valence-electron chi connectivity index (χ4n) is 2.23. The molecule has 0 N–H and O–H groups in total. The molecule has 6 nitrogen and oxygen atoms in total. The molecular formula is C12H18N2O4S. The van der Waals surface area contributed by atoms with Gasteiger partial charge in [0.15, 0.2) is 0 Å². The van der Waals surface area contributed by atoms with Crippen molar-refractivity contribution in [1.29, 1.82) is 0 Å². The Morgan fingerprint density at radius 3 is 2.63 bits per heavy atom. The highest BCUT2D eigenvalue weighted by Gasteiger charge is 2.28. The van der Waals surface area contributed by atoms with Crippen LogP contribution in [0.2, 0.25) is 0 Å². The predicted molar refractivity (Wildman–Crippen MR) is 70.8 cm³/mol. The van der Waals surface area contributed by atoms with Crippen LogP contribution < -0.4 is 0 Å². The molecule has 0 spiro atoms. The van der Waals surface area contributed by atoms with Gasteiger partial charge in [-0.05, 0) is 32.6 Å². The van der Waals surface area contributed by atoms with Crippen molar-refractivity contribution in [3.05, 3.63) is 11.8 Å². The molecule has 106 valence electrons. The van der Waals surface area contributed by atoms with Gasteiger partial charge in [0.1, 0.15) is 6.10 Å². The molecule has 0 radical (unpaired) electrons. The Kier molecular flexibility index (Phi) is 3.93. The maximum Gasteiger partial charge on any atom is 0.344 e. The molecule has 1 aliphatic carbocycles. The van der Waals surface area contributed by atoms with Crippen LogP contribution in [0.15, 0.2) is 16.2 Å². The van der Waals surface area contributed by atoms with E-state index in [-0.39, 0.29) is 17.4 Å². The summed E-state index contributed by atoms with van der Waals surface area (Å²) in [6, 6.07) is 0. The molecule has 0 atom stereocenters. The monoisotopic (exact) mass is 286 g/mol.